The van der Waals surface area contributed by atoms with Crippen LogP contribution in [-0.4, -0.2) is 28.9 Å². The number of imidazole rings is 1. The van der Waals surface area contributed by atoms with Crippen LogP contribution in [0.15, 0.2) is 102 Å². The van der Waals surface area contributed by atoms with Gasteiger partial charge in [-0.25, -0.2) is 21.2 Å². The van der Waals surface area contributed by atoms with E-state index in [9.17, 15) is 4.79 Å². The van der Waals surface area contributed by atoms with Crippen LogP contribution in [-0.2, 0) is 6.54 Å². The molecule has 0 unspecified atom stereocenters. The summed E-state index contributed by atoms with van der Waals surface area (Å²) in [6, 6.07) is 24.3. The Morgan fingerprint density at radius 2 is 1.62 bits per heavy atom. The number of benzene rings is 3. The summed E-state index contributed by atoms with van der Waals surface area (Å²) in [6.07, 6.45) is 5.07. The minimum atomic E-state index is -0.230. The normalized spacial score (nSPS) is 11.0. The molecular weight excluding hydrogens is 486 g/mol. The van der Waals surface area contributed by atoms with Gasteiger partial charge in [0.05, 0.1) is 23.9 Å². The van der Waals surface area contributed by atoms with Gasteiger partial charge < -0.3 is 9.41 Å². The molecule has 6 rings (SSSR count). The lowest BCUT2D eigenvalue weighted by Crippen LogP contribution is -2.22. The first-order valence-electron chi connectivity index (χ1n) is 11.4. The quantitative estimate of drug-likeness (QED) is 0.291. The summed E-state index contributed by atoms with van der Waals surface area (Å²) in [5.74, 6) is 0.475. The first-order chi connectivity index (χ1) is 18.1. The number of halogens is 1. The van der Waals surface area contributed by atoms with Gasteiger partial charge in [-0.05, 0) is 60.7 Å². The van der Waals surface area contributed by atoms with Crippen LogP contribution in [0.1, 0.15) is 5.69 Å². The van der Waals surface area contributed by atoms with Gasteiger partial charge in [0.2, 0.25) is 0 Å². The van der Waals surface area contributed by atoms with Crippen molar-refractivity contribution in [3.63, 3.8) is 0 Å². The number of hydrogen-bond donors (Lipinski definition) is 0. The van der Waals surface area contributed by atoms with Gasteiger partial charge in [-0.2, -0.15) is 5.10 Å². The number of nitrogens with zero attached hydrogens (tertiary/aromatic N) is 7. The van der Waals surface area contributed by atoms with Gasteiger partial charge >= 0.3 is 0 Å². The molecule has 178 valence electrons. The van der Waals surface area contributed by atoms with Crippen molar-refractivity contribution in [3.05, 3.63) is 130 Å². The Labute approximate surface area is 216 Å². The second-order valence-corrected chi connectivity index (χ2v) is 8.75. The van der Waals surface area contributed by atoms with Crippen LogP contribution in [0.3, 0.4) is 0 Å². The molecule has 0 spiro atoms. The maximum absolute atomic E-state index is 13.8. The third-order valence-electron chi connectivity index (χ3n) is 5.99. The predicted molar refractivity (Wildman–Crippen MR) is 142 cm³/mol. The van der Waals surface area contributed by atoms with Crippen LogP contribution >= 0.6 is 11.6 Å². The summed E-state index contributed by atoms with van der Waals surface area (Å²) in [5.41, 5.74) is 4.03. The summed E-state index contributed by atoms with van der Waals surface area (Å²) in [6.45, 7) is 7.27. The Morgan fingerprint density at radius 3 is 2.35 bits per heavy atom. The molecule has 9 heteroatoms. The highest BCUT2D eigenvalue weighted by atomic mass is 35.5. The number of fused-ring (bicyclic) bond motifs is 1. The minimum Gasteiger partial charge on any atom is -0.310 e. The van der Waals surface area contributed by atoms with Crippen LogP contribution in [0.4, 0.5) is 0 Å². The van der Waals surface area contributed by atoms with E-state index in [0.29, 0.717) is 33.3 Å². The smallest absolute Gasteiger partial charge is 0.269 e. The first kappa shape index (κ1) is 22.5. The topological polar surface area (TPSA) is 74.9 Å². The maximum Gasteiger partial charge on any atom is 0.269 e. The molecule has 0 aliphatic rings. The summed E-state index contributed by atoms with van der Waals surface area (Å²) >= 11 is 6.12. The summed E-state index contributed by atoms with van der Waals surface area (Å²) < 4.78 is 5.11. The van der Waals surface area contributed by atoms with E-state index < -0.39 is 0 Å². The SMILES string of the molecule is [C-]#[N+]Cc1cn(-c2ccc(-c3nc4c(cnn4-c4ccccc4)c(=O)n3-c3ccc(Cl)cc3)cc2)cn1. The molecule has 0 bridgehead atoms. The van der Waals surface area contributed by atoms with Crippen molar-refractivity contribution in [1.82, 2.24) is 28.9 Å². The molecule has 0 aliphatic carbocycles. The van der Waals surface area contributed by atoms with Crippen molar-refractivity contribution < 1.29 is 0 Å². The number of hydrogen-bond acceptors (Lipinski definition) is 4. The molecule has 8 nitrogen and oxygen atoms in total. The minimum absolute atomic E-state index is 0.230. The zero-order valence-electron chi connectivity index (χ0n) is 19.4. The number of aromatic nitrogens is 6. The largest absolute Gasteiger partial charge is 0.310 e. The molecule has 0 atom stereocenters. The molecule has 0 saturated heterocycles. The standard InChI is InChI=1S/C28H18ClN7O/c1-30-15-21-17-34(18-31-21)22-11-7-19(8-12-22)26-33-27-25(16-32-36(27)24-5-3-2-4-6-24)28(37)35(26)23-13-9-20(29)10-14-23/h2-14,16-18H,15H2. The highest BCUT2D eigenvalue weighted by Crippen LogP contribution is 2.25. The van der Waals surface area contributed by atoms with E-state index in [-0.39, 0.29) is 12.1 Å². The van der Waals surface area contributed by atoms with Crippen LogP contribution in [0.5, 0.6) is 0 Å². The van der Waals surface area contributed by atoms with E-state index in [1.54, 1.807) is 46.0 Å². The molecule has 0 aliphatic heterocycles. The Morgan fingerprint density at radius 1 is 0.892 bits per heavy atom. The van der Waals surface area contributed by atoms with Crippen molar-refractivity contribution in [2.75, 3.05) is 0 Å². The Bertz CT molecular complexity index is 1830. The van der Waals surface area contributed by atoms with Crippen molar-refractivity contribution in [3.8, 4) is 28.5 Å². The van der Waals surface area contributed by atoms with Gasteiger partial charge in [-0.3, -0.25) is 9.36 Å². The number of para-hydroxylation sites is 1. The highest BCUT2D eigenvalue weighted by molar-refractivity contribution is 6.30. The highest BCUT2D eigenvalue weighted by Gasteiger charge is 2.19. The fourth-order valence-corrected chi connectivity index (χ4v) is 4.32. The Hall–Kier alpha value is -5.00. The molecule has 6 aromatic rings. The van der Waals surface area contributed by atoms with Crippen molar-refractivity contribution in [2.45, 2.75) is 6.54 Å². The van der Waals surface area contributed by atoms with E-state index in [2.05, 4.69) is 14.9 Å². The van der Waals surface area contributed by atoms with Gasteiger partial charge in [-0.15, -0.1) is 0 Å². The Kier molecular flexibility index (Phi) is 5.60. The summed E-state index contributed by atoms with van der Waals surface area (Å²) in [4.78, 5) is 26.4. The van der Waals surface area contributed by atoms with Gasteiger partial charge in [0.1, 0.15) is 16.9 Å². The fraction of sp³-hybridized carbons (Fsp3) is 0.0357. The van der Waals surface area contributed by atoms with Gasteiger partial charge in [0.15, 0.2) is 5.65 Å². The van der Waals surface area contributed by atoms with E-state index in [1.165, 1.54) is 0 Å². The number of rotatable bonds is 5. The molecular formula is C28H18ClN7O. The predicted octanol–water partition coefficient (Wildman–Crippen LogP) is 5.50. The van der Waals surface area contributed by atoms with Crippen LogP contribution in [0, 0.1) is 6.57 Å². The fourth-order valence-electron chi connectivity index (χ4n) is 4.20. The van der Waals surface area contributed by atoms with Crippen LogP contribution < -0.4 is 5.56 Å². The monoisotopic (exact) mass is 503 g/mol. The van der Waals surface area contributed by atoms with E-state index >= 15 is 0 Å². The molecule has 0 amide bonds. The Balaban J connectivity index is 1.54. The van der Waals surface area contributed by atoms with E-state index in [1.807, 2.05) is 65.4 Å². The lowest BCUT2D eigenvalue weighted by molar-refractivity contribution is 0.888. The summed E-state index contributed by atoms with van der Waals surface area (Å²) in [5, 5.41) is 5.45. The molecule has 0 fully saturated rings. The van der Waals surface area contributed by atoms with Crippen LogP contribution in [0.2, 0.25) is 5.02 Å². The summed E-state index contributed by atoms with van der Waals surface area (Å²) in [7, 11) is 0. The zero-order chi connectivity index (χ0) is 25.4. The molecule has 3 aromatic heterocycles. The third-order valence-corrected chi connectivity index (χ3v) is 6.24. The van der Waals surface area contributed by atoms with Crippen LogP contribution in [0.25, 0.3) is 44.3 Å². The molecule has 0 N–H and O–H groups in total. The molecule has 0 saturated carbocycles. The second kappa shape index (κ2) is 9.22. The van der Waals surface area contributed by atoms with Crippen molar-refractivity contribution in [1.29, 1.82) is 0 Å². The van der Waals surface area contributed by atoms with E-state index in [4.69, 9.17) is 23.2 Å². The lowest BCUT2D eigenvalue weighted by atomic mass is 10.1. The first-order valence-corrected chi connectivity index (χ1v) is 11.8. The van der Waals surface area contributed by atoms with E-state index in [0.717, 1.165) is 16.9 Å². The molecule has 3 aromatic carbocycles. The molecule has 3 heterocycles. The maximum atomic E-state index is 13.8. The van der Waals surface area contributed by atoms with Gasteiger partial charge in [-0.1, -0.05) is 29.8 Å². The van der Waals surface area contributed by atoms with Crippen molar-refractivity contribution >= 4 is 22.6 Å². The van der Waals surface area contributed by atoms with Gasteiger partial charge in [0.25, 0.3) is 12.1 Å². The molecule has 0 radical (unpaired) electrons. The van der Waals surface area contributed by atoms with Gasteiger partial charge in [0, 0.05) is 22.5 Å². The lowest BCUT2D eigenvalue weighted by Gasteiger charge is -2.14. The average Bonchev–Trinajstić information content (AvgIpc) is 3.58. The molecule has 37 heavy (non-hydrogen) atoms. The average molecular weight is 504 g/mol. The van der Waals surface area contributed by atoms with Crippen molar-refractivity contribution in [2.24, 2.45) is 0 Å². The third kappa shape index (κ3) is 4.07. The second-order valence-electron chi connectivity index (χ2n) is 8.32. The zero-order valence-corrected chi connectivity index (χ0v) is 20.1.